The molecule has 1 aliphatic heterocycles. The number of hydrogen-bond donors (Lipinski definition) is 0. The second kappa shape index (κ2) is 10.4. The largest absolute Gasteiger partial charge is 0.494 e. The number of rotatable bonds is 7. The van der Waals surface area contributed by atoms with Crippen LogP contribution in [0.3, 0.4) is 0 Å². The van der Waals surface area contributed by atoms with E-state index in [9.17, 15) is 9.59 Å². The van der Waals surface area contributed by atoms with Crippen molar-refractivity contribution in [1.82, 2.24) is 19.4 Å². The SMILES string of the molecule is CCOc1ccccc1Cn1c(SCC(=O)N2CCC[C@@H](C)C2)nc2c(sc3ncccc32)c1=O. The highest BCUT2D eigenvalue weighted by Gasteiger charge is 2.23. The molecule has 0 N–H and O–H groups in total. The van der Waals surface area contributed by atoms with Gasteiger partial charge in [-0.3, -0.25) is 14.2 Å². The Bertz CT molecular complexity index is 1430. The number of nitrogens with zero attached hydrogens (tertiary/aromatic N) is 4. The van der Waals surface area contributed by atoms with E-state index in [-0.39, 0.29) is 17.2 Å². The standard InChI is InChI=1S/C26H28N4O3S2/c1-3-33-20-11-5-4-9-18(20)15-30-25(32)23-22(19-10-6-12-27-24(19)35-23)28-26(30)34-16-21(31)29-13-7-8-17(2)14-29/h4-6,9-12,17H,3,7-8,13-16H2,1-2H3/t17-/m1/s1. The van der Waals surface area contributed by atoms with Gasteiger partial charge in [0.2, 0.25) is 5.91 Å². The lowest BCUT2D eigenvalue weighted by molar-refractivity contribution is -0.130. The van der Waals surface area contributed by atoms with Gasteiger partial charge in [0.05, 0.1) is 24.4 Å². The first kappa shape index (κ1) is 23.8. The molecule has 7 nitrogen and oxygen atoms in total. The van der Waals surface area contributed by atoms with Crippen LogP contribution < -0.4 is 10.3 Å². The normalized spacial score (nSPS) is 16.2. The molecule has 1 saturated heterocycles. The lowest BCUT2D eigenvalue weighted by Gasteiger charge is -2.30. The third-order valence-corrected chi connectivity index (χ3v) is 8.31. The number of pyridine rings is 1. The van der Waals surface area contributed by atoms with E-state index in [0.717, 1.165) is 47.5 Å². The predicted molar refractivity (Wildman–Crippen MR) is 142 cm³/mol. The van der Waals surface area contributed by atoms with Crippen LogP contribution in [0.15, 0.2) is 52.5 Å². The summed E-state index contributed by atoms with van der Waals surface area (Å²) in [7, 11) is 0. The van der Waals surface area contributed by atoms with Crippen LogP contribution >= 0.6 is 23.1 Å². The van der Waals surface area contributed by atoms with Gasteiger partial charge in [-0.05, 0) is 43.9 Å². The van der Waals surface area contributed by atoms with Crippen molar-refractivity contribution in [3.05, 3.63) is 58.5 Å². The topological polar surface area (TPSA) is 77.3 Å². The van der Waals surface area contributed by atoms with Gasteiger partial charge in [0.25, 0.3) is 5.56 Å². The van der Waals surface area contributed by atoms with Gasteiger partial charge in [-0.1, -0.05) is 36.9 Å². The number of carbonyl (C=O) groups excluding carboxylic acids is 1. The number of hydrogen-bond acceptors (Lipinski definition) is 7. The van der Waals surface area contributed by atoms with Crippen LogP contribution in [0.4, 0.5) is 0 Å². The molecule has 0 radical (unpaired) electrons. The summed E-state index contributed by atoms with van der Waals surface area (Å²) in [5.74, 6) is 1.60. The zero-order chi connectivity index (χ0) is 24.4. The van der Waals surface area contributed by atoms with Crippen molar-refractivity contribution >= 4 is 49.4 Å². The second-order valence-electron chi connectivity index (χ2n) is 8.84. The number of para-hydroxylation sites is 1. The molecule has 1 fully saturated rings. The third-order valence-electron chi connectivity index (χ3n) is 6.25. The van der Waals surface area contributed by atoms with Crippen LogP contribution in [0, 0.1) is 5.92 Å². The Labute approximate surface area is 212 Å². The van der Waals surface area contributed by atoms with Gasteiger partial charge in [0, 0.05) is 30.2 Å². The maximum absolute atomic E-state index is 13.7. The third kappa shape index (κ3) is 4.92. The van der Waals surface area contributed by atoms with Gasteiger partial charge in [-0.15, -0.1) is 11.3 Å². The molecule has 0 spiro atoms. The summed E-state index contributed by atoms with van der Waals surface area (Å²) in [5, 5.41) is 1.40. The van der Waals surface area contributed by atoms with Crippen molar-refractivity contribution in [2.75, 3.05) is 25.4 Å². The summed E-state index contributed by atoms with van der Waals surface area (Å²) >= 11 is 2.69. The highest BCUT2D eigenvalue weighted by Crippen LogP contribution is 2.31. The number of aromatic nitrogens is 3. The molecule has 1 aromatic carbocycles. The van der Waals surface area contributed by atoms with Crippen molar-refractivity contribution in [3.8, 4) is 5.75 Å². The summed E-state index contributed by atoms with van der Waals surface area (Å²) in [4.78, 5) is 38.8. The van der Waals surface area contributed by atoms with Gasteiger partial charge in [0.15, 0.2) is 5.16 Å². The van der Waals surface area contributed by atoms with E-state index >= 15 is 0 Å². The molecule has 35 heavy (non-hydrogen) atoms. The van der Waals surface area contributed by atoms with E-state index in [4.69, 9.17) is 9.72 Å². The number of thiophene rings is 1. The minimum absolute atomic E-state index is 0.0917. The van der Waals surface area contributed by atoms with Crippen LogP contribution in [0.1, 0.15) is 32.3 Å². The van der Waals surface area contributed by atoms with Crippen LogP contribution in [-0.4, -0.2) is 50.8 Å². The summed E-state index contributed by atoms with van der Waals surface area (Å²) in [6.45, 7) is 6.57. The fraction of sp³-hybridized carbons (Fsp3) is 0.385. The Balaban J connectivity index is 1.54. The summed E-state index contributed by atoms with van der Waals surface area (Å²) < 4.78 is 8.05. The van der Waals surface area contributed by atoms with Gasteiger partial charge in [0.1, 0.15) is 15.3 Å². The van der Waals surface area contributed by atoms with Crippen LogP contribution in [0.2, 0.25) is 0 Å². The zero-order valence-corrected chi connectivity index (χ0v) is 21.5. The Morgan fingerprint density at radius 2 is 2.11 bits per heavy atom. The Morgan fingerprint density at radius 1 is 1.26 bits per heavy atom. The molecule has 4 aromatic rings. The number of thioether (sulfide) groups is 1. The minimum atomic E-state index is -0.120. The first-order valence-corrected chi connectivity index (χ1v) is 13.7. The molecule has 1 aliphatic rings. The monoisotopic (exact) mass is 508 g/mol. The van der Waals surface area contributed by atoms with Crippen molar-refractivity contribution in [1.29, 1.82) is 0 Å². The maximum atomic E-state index is 13.7. The maximum Gasteiger partial charge on any atom is 0.272 e. The molecule has 5 rings (SSSR count). The highest BCUT2D eigenvalue weighted by molar-refractivity contribution is 7.99. The van der Waals surface area contributed by atoms with E-state index in [0.29, 0.717) is 34.4 Å². The average molecular weight is 509 g/mol. The second-order valence-corrected chi connectivity index (χ2v) is 10.8. The zero-order valence-electron chi connectivity index (χ0n) is 19.9. The quantitative estimate of drug-likeness (QED) is 0.264. The van der Waals surface area contributed by atoms with Gasteiger partial charge < -0.3 is 9.64 Å². The first-order chi connectivity index (χ1) is 17.0. The molecule has 1 amide bonds. The molecule has 0 saturated carbocycles. The molecule has 3 aromatic heterocycles. The van der Waals surface area contributed by atoms with E-state index < -0.39 is 0 Å². The number of amides is 1. The average Bonchev–Trinajstić information content (AvgIpc) is 3.24. The fourth-order valence-electron chi connectivity index (χ4n) is 4.53. The number of ether oxygens (including phenoxy) is 1. The van der Waals surface area contributed by atoms with Crippen LogP contribution in [-0.2, 0) is 11.3 Å². The number of likely N-dealkylation sites (tertiary alicyclic amines) is 1. The number of carbonyl (C=O) groups is 1. The molecule has 0 unspecified atom stereocenters. The lowest BCUT2D eigenvalue weighted by atomic mass is 10.0. The smallest absolute Gasteiger partial charge is 0.272 e. The molecule has 1 atom stereocenters. The van der Waals surface area contributed by atoms with Crippen molar-refractivity contribution in [2.45, 2.75) is 38.4 Å². The van der Waals surface area contributed by atoms with Crippen molar-refractivity contribution in [3.63, 3.8) is 0 Å². The lowest BCUT2D eigenvalue weighted by Crippen LogP contribution is -2.40. The van der Waals surface area contributed by atoms with E-state index in [2.05, 4.69) is 11.9 Å². The van der Waals surface area contributed by atoms with Crippen LogP contribution in [0.5, 0.6) is 5.75 Å². The molecule has 0 aliphatic carbocycles. The molecule has 4 heterocycles. The molecular formula is C26H28N4O3S2. The highest BCUT2D eigenvalue weighted by atomic mass is 32.2. The minimum Gasteiger partial charge on any atom is -0.494 e. The Hall–Kier alpha value is -2.91. The summed E-state index contributed by atoms with van der Waals surface area (Å²) in [5.41, 5.74) is 1.43. The first-order valence-electron chi connectivity index (χ1n) is 11.9. The number of fused-ring (bicyclic) bond motifs is 3. The Kier molecular flexibility index (Phi) is 7.06. The summed E-state index contributed by atoms with van der Waals surface area (Å²) in [6.07, 6.45) is 3.92. The van der Waals surface area contributed by atoms with Gasteiger partial charge >= 0.3 is 0 Å². The molecule has 9 heteroatoms. The van der Waals surface area contributed by atoms with Gasteiger partial charge in [-0.2, -0.15) is 0 Å². The molecular weight excluding hydrogens is 480 g/mol. The number of piperidine rings is 1. The predicted octanol–water partition coefficient (Wildman–Crippen LogP) is 4.80. The summed E-state index contributed by atoms with van der Waals surface area (Å²) in [6, 6.07) is 11.5. The Morgan fingerprint density at radius 3 is 2.94 bits per heavy atom. The number of benzene rings is 1. The fourth-order valence-corrected chi connectivity index (χ4v) is 6.45. The van der Waals surface area contributed by atoms with E-state index in [1.807, 2.05) is 48.2 Å². The van der Waals surface area contributed by atoms with Gasteiger partial charge in [-0.25, -0.2) is 9.97 Å². The molecule has 182 valence electrons. The van der Waals surface area contributed by atoms with Crippen molar-refractivity contribution in [2.24, 2.45) is 5.92 Å². The molecule has 0 bridgehead atoms. The van der Waals surface area contributed by atoms with E-state index in [1.165, 1.54) is 23.1 Å². The van der Waals surface area contributed by atoms with Crippen LogP contribution in [0.25, 0.3) is 20.4 Å². The van der Waals surface area contributed by atoms with E-state index in [1.54, 1.807) is 10.8 Å². The van der Waals surface area contributed by atoms with Crippen molar-refractivity contribution < 1.29 is 9.53 Å².